The minimum Gasteiger partial charge on any atom is -0.441 e. The minimum atomic E-state index is -0.193. The number of anilines is 2. The summed E-state index contributed by atoms with van der Waals surface area (Å²) in [7, 11) is 0. The number of fused-ring (bicyclic) bond motifs is 1. The van der Waals surface area contributed by atoms with Crippen LogP contribution in [0.25, 0.3) is 22.5 Å². The van der Waals surface area contributed by atoms with Crippen LogP contribution < -0.4 is 10.2 Å². The van der Waals surface area contributed by atoms with E-state index in [0.717, 1.165) is 48.3 Å². The number of amides is 1. The number of nitrogens with one attached hydrogen (secondary N) is 1. The summed E-state index contributed by atoms with van der Waals surface area (Å²) in [4.78, 5) is 29.1. The monoisotopic (exact) mass is 413 g/mol. The highest BCUT2D eigenvalue weighted by Crippen LogP contribution is 2.28. The van der Waals surface area contributed by atoms with Crippen molar-refractivity contribution in [2.75, 3.05) is 23.3 Å². The van der Waals surface area contributed by atoms with E-state index < -0.39 is 0 Å². The number of carbonyl (C=O) groups excluding carboxylic acids is 1. The molecule has 2 aromatic heterocycles. The van der Waals surface area contributed by atoms with Gasteiger partial charge in [0.15, 0.2) is 11.6 Å². The van der Waals surface area contributed by atoms with Gasteiger partial charge in [-0.1, -0.05) is 30.3 Å². The molecule has 0 atom stereocenters. The predicted molar refractivity (Wildman–Crippen MR) is 120 cm³/mol. The van der Waals surface area contributed by atoms with Crippen LogP contribution >= 0.6 is 0 Å². The fourth-order valence-corrected chi connectivity index (χ4v) is 3.85. The first-order valence-corrected chi connectivity index (χ1v) is 10.5. The fourth-order valence-electron chi connectivity index (χ4n) is 3.85. The van der Waals surface area contributed by atoms with Crippen molar-refractivity contribution in [3.8, 4) is 11.5 Å². The molecule has 7 nitrogen and oxygen atoms in total. The lowest BCUT2D eigenvalue weighted by molar-refractivity contribution is -0.115. The van der Waals surface area contributed by atoms with Crippen molar-refractivity contribution in [3.63, 3.8) is 0 Å². The van der Waals surface area contributed by atoms with Gasteiger partial charge < -0.3 is 14.6 Å². The molecular weight excluding hydrogens is 390 g/mol. The number of benzene rings is 2. The van der Waals surface area contributed by atoms with Gasteiger partial charge in [0, 0.05) is 18.7 Å². The van der Waals surface area contributed by atoms with E-state index in [9.17, 15) is 4.79 Å². The number of para-hydroxylation sites is 2. The zero-order valence-electron chi connectivity index (χ0n) is 17.3. The number of aryl methyl sites for hydroxylation is 1. The van der Waals surface area contributed by atoms with Crippen molar-refractivity contribution >= 4 is 28.6 Å². The van der Waals surface area contributed by atoms with Crippen LogP contribution in [0.2, 0.25) is 0 Å². The standard InChI is InChI=1S/C24H23N5O2/c1-16-20(27-24(31-16)17-9-3-2-4-10-17)15-21(30)28-22-23(29-13-7-8-14-29)26-19-12-6-5-11-18(19)25-22/h2-6,9-12H,7-8,13-15H2,1H3,(H,25,28,30). The molecule has 0 radical (unpaired) electrons. The highest BCUT2D eigenvalue weighted by Gasteiger charge is 2.22. The lowest BCUT2D eigenvalue weighted by Crippen LogP contribution is -2.24. The largest absolute Gasteiger partial charge is 0.441 e. The average molecular weight is 413 g/mol. The number of hydrogen-bond acceptors (Lipinski definition) is 6. The van der Waals surface area contributed by atoms with E-state index in [4.69, 9.17) is 14.4 Å². The maximum Gasteiger partial charge on any atom is 0.231 e. The number of nitrogens with zero attached hydrogens (tertiary/aromatic N) is 4. The molecule has 7 heteroatoms. The molecule has 1 saturated heterocycles. The molecule has 31 heavy (non-hydrogen) atoms. The molecule has 1 amide bonds. The van der Waals surface area contributed by atoms with E-state index in [1.165, 1.54) is 0 Å². The molecular formula is C24H23N5O2. The Labute approximate surface area is 180 Å². The van der Waals surface area contributed by atoms with E-state index in [0.29, 0.717) is 23.2 Å². The van der Waals surface area contributed by atoms with E-state index in [2.05, 4.69) is 15.2 Å². The Bertz CT molecular complexity index is 1230. The van der Waals surface area contributed by atoms with Crippen molar-refractivity contribution < 1.29 is 9.21 Å². The summed E-state index contributed by atoms with van der Waals surface area (Å²) in [6.07, 6.45) is 2.33. The molecule has 0 spiro atoms. The lowest BCUT2D eigenvalue weighted by Gasteiger charge is -2.20. The Morgan fingerprint density at radius 3 is 2.39 bits per heavy atom. The first kappa shape index (κ1) is 19.2. The Morgan fingerprint density at radius 1 is 0.968 bits per heavy atom. The van der Waals surface area contributed by atoms with Crippen LogP contribution in [0.5, 0.6) is 0 Å². The predicted octanol–water partition coefficient (Wildman–Crippen LogP) is 4.37. The van der Waals surface area contributed by atoms with Crippen LogP contribution in [0, 0.1) is 6.92 Å². The maximum atomic E-state index is 12.9. The molecule has 0 bridgehead atoms. The number of rotatable bonds is 5. The molecule has 1 aliphatic rings. The summed E-state index contributed by atoms with van der Waals surface area (Å²) >= 11 is 0. The molecule has 5 rings (SSSR count). The Hall–Kier alpha value is -3.74. The van der Waals surface area contributed by atoms with Crippen molar-refractivity contribution in [2.45, 2.75) is 26.2 Å². The SMILES string of the molecule is Cc1oc(-c2ccccc2)nc1CC(=O)Nc1nc2ccccc2nc1N1CCCC1. The third-order valence-electron chi connectivity index (χ3n) is 5.46. The first-order chi connectivity index (χ1) is 15.2. The average Bonchev–Trinajstić information content (AvgIpc) is 3.44. The van der Waals surface area contributed by atoms with Gasteiger partial charge >= 0.3 is 0 Å². The molecule has 3 heterocycles. The van der Waals surface area contributed by atoms with Gasteiger partial charge in [0.05, 0.1) is 23.1 Å². The molecule has 1 aliphatic heterocycles. The van der Waals surface area contributed by atoms with Crippen molar-refractivity contribution in [3.05, 3.63) is 66.1 Å². The zero-order chi connectivity index (χ0) is 21.2. The second kappa shape index (κ2) is 8.18. The molecule has 4 aromatic rings. The summed E-state index contributed by atoms with van der Waals surface area (Å²) in [6, 6.07) is 17.4. The van der Waals surface area contributed by atoms with Crippen LogP contribution in [0.15, 0.2) is 59.0 Å². The molecule has 0 saturated carbocycles. The number of hydrogen-bond donors (Lipinski definition) is 1. The van der Waals surface area contributed by atoms with Crippen LogP contribution in [0.4, 0.5) is 11.6 Å². The summed E-state index contributed by atoms with van der Waals surface area (Å²) < 4.78 is 5.79. The highest BCUT2D eigenvalue weighted by molar-refractivity contribution is 5.95. The topological polar surface area (TPSA) is 84.2 Å². The number of oxazole rings is 1. The van der Waals surface area contributed by atoms with Gasteiger partial charge in [-0.15, -0.1) is 0 Å². The van der Waals surface area contributed by atoms with Gasteiger partial charge in [-0.2, -0.15) is 0 Å². The van der Waals surface area contributed by atoms with Crippen LogP contribution in [0.3, 0.4) is 0 Å². The third kappa shape index (κ3) is 3.99. The number of carbonyl (C=O) groups is 1. The van der Waals surface area contributed by atoms with Gasteiger partial charge in [-0.25, -0.2) is 15.0 Å². The molecule has 1 fully saturated rings. The van der Waals surface area contributed by atoms with Crippen molar-refractivity contribution in [1.29, 1.82) is 0 Å². The summed E-state index contributed by atoms with van der Waals surface area (Å²) in [5.74, 6) is 2.19. The normalized spacial score (nSPS) is 13.6. The highest BCUT2D eigenvalue weighted by atomic mass is 16.4. The van der Waals surface area contributed by atoms with Crippen molar-refractivity contribution in [2.24, 2.45) is 0 Å². The fraction of sp³-hybridized carbons (Fsp3) is 0.250. The van der Waals surface area contributed by atoms with Gasteiger partial charge in [0.2, 0.25) is 11.8 Å². The van der Waals surface area contributed by atoms with E-state index >= 15 is 0 Å². The summed E-state index contributed by atoms with van der Waals surface area (Å²) in [6.45, 7) is 3.66. The zero-order valence-corrected chi connectivity index (χ0v) is 17.3. The van der Waals surface area contributed by atoms with E-state index in [-0.39, 0.29) is 12.3 Å². The quantitative estimate of drug-likeness (QED) is 0.523. The van der Waals surface area contributed by atoms with E-state index in [1.807, 2.05) is 61.5 Å². The molecule has 2 aromatic carbocycles. The first-order valence-electron chi connectivity index (χ1n) is 10.5. The van der Waals surface area contributed by atoms with Gasteiger partial charge in [0.1, 0.15) is 5.76 Å². The Kier molecular flexibility index (Phi) is 5.08. The van der Waals surface area contributed by atoms with Gasteiger partial charge in [0.25, 0.3) is 0 Å². The minimum absolute atomic E-state index is 0.107. The van der Waals surface area contributed by atoms with Crippen molar-refractivity contribution in [1.82, 2.24) is 15.0 Å². The number of aromatic nitrogens is 3. The molecule has 0 unspecified atom stereocenters. The lowest BCUT2D eigenvalue weighted by atomic mass is 10.2. The van der Waals surface area contributed by atoms with Gasteiger partial charge in [-0.3, -0.25) is 4.79 Å². The Morgan fingerprint density at radius 2 is 1.65 bits per heavy atom. The van der Waals surface area contributed by atoms with Gasteiger partial charge in [-0.05, 0) is 44.0 Å². The summed E-state index contributed by atoms with van der Waals surface area (Å²) in [5.41, 5.74) is 3.08. The van der Waals surface area contributed by atoms with E-state index in [1.54, 1.807) is 0 Å². The van der Waals surface area contributed by atoms with Crippen LogP contribution in [-0.2, 0) is 11.2 Å². The second-order valence-electron chi connectivity index (χ2n) is 7.69. The smallest absolute Gasteiger partial charge is 0.231 e. The second-order valence-corrected chi connectivity index (χ2v) is 7.69. The molecule has 0 aliphatic carbocycles. The Balaban J connectivity index is 1.40. The summed E-state index contributed by atoms with van der Waals surface area (Å²) in [5, 5.41) is 2.97. The third-order valence-corrected chi connectivity index (χ3v) is 5.46. The molecule has 156 valence electrons. The van der Waals surface area contributed by atoms with Crippen LogP contribution in [-0.4, -0.2) is 33.9 Å². The van der Waals surface area contributed by atoms with Crippen LogP contribution in [0.1, 0.15) is 24.3 Å². The maximum absolute atomic E-state index is 12.9. The molecule has 1 N–H and O–H groups in total.